The Morgan fingerprint density at radius 3 is 2.48 bits per heavy atom. The molecule has 1 heterocycles. The van der Waals surface area contributed by atoms with Crippen molar-refractivity contribution in [2.45, 2.75) is 45.1 Å². The molecule has 4 heteroatoms. The third kappa shape index (κ3) is 3.58. The van der Waals surface area contributed by atoms with Crippen LogP contribution in [-0.4, -0.2) is 37.0 Å². The summed E-state index contributed by atoms with van der Waals surface area (Å²) in [5, 5.41) is 4.03. The minimum Gasteiger partial charge on any atom is -0.342 e. The van der Waals surface area contributed by atoms with Gasteiger partial charge in [0.1, 0.15) is 0 Å². The molecule has 1 aliphatic rings. The van der Waals surface area contributed by atoms with Crippen LogP contribution < -0.4 is 5.32 Å². The maximum Gasteiger partial charge on any atom is 0.232 e. The molecule has 1 saturated heterocycles. The highest BCUT2D eigenvalue weighted by Gasteiger charge is 2.35. The van der Waals surface area contributed by atoms with Crippen LogP contribution in [0.1, 0.15) is 37.8 Å². The average molecular weight is 309 g/mol. The van der Waals surface area contributed by atoms with E-state index in [1.54, 1.807) is 0 Å². The average Bonchev–Trinajstić information content (AvgIpc) is 2.45. The normalized spacial score (nSPS) is 16.8. The second-order valence-corrected chi connectivity index (χ2v) is 6.98. The van der Waals surface area contributed by atoms with Gasteiger partial charge in [0, 0.05) is 18.1 Å². The number of carbonyl (C=O) groups excluding carboxylic acids is 1. The molecule has 116 valence electrons. The van der Waals surface area contributed by atoms with Gasteiger partial charge in [0.2, 0.25) is 5.91 Å². The molecule has 0 bridgehead atoms. The van der Waals surface area contributed by atoms with E-state index in [9.17, 15) is 4.79 Å². The van der Waals surface area contributed by atoms with Crippen molar-refractivity contribution >= 4 is 17.5 Å². The Labute approximate surface area is 132 Å². The van der Waals surface area contributed by atoms with E-state index in [-0.39, 0.29) is 5.91 Å². The van der Waals surface area contributed by atoms with Crippen LogP contribution in [0.4, 0.5) is 0 Å². The van der Waals surface area contributed by atoms with Crippen LogP contribution in [0.5, 0.6) is 0 Å². The molecule has 1 N–H and O–H groups in total. The second kappa shape index (κ2) is 6.37. The van der Waals surface area contributed by atoms with E-state index >= 15 is 0 Å². The van der Waals surface area contributed by atoms with Gasteiger partial charge in [-0.05, 0) is 70.0 Å². The molecule has 0 spiro atoms. The zero-order chi connectivity index (χ0) is 15.6. The second-order valence-electron chi connectivity index (χ2n) is 6.54. The van der Waals surface area contributed by atoms with E-state index in [1.165, 1.54) is 0 Å². The number of benzene rings is 1. The Morgan fingerprint density at radius 2 is 1.90 bits per heavy atom. The van der Waals surface area contributed by atoms with Gasteiger partial charge in [-0.1, -0.05) is 17.7 Å². The van der Waals surface area contributed by atoms with E-state index in [0.29, 0.717) is 11.1 Å². The molecule has 0 atom stereocenters. The summed E-state index contributed by atoms with van der Waals surface area (Å²) in [5.41, 5.74) is 1.51. The smallest absolute Gasteiger partial charge is 0.232 e. The van der Waals surface area contributed by atoms with E-state index in [2.05, 4.69) is 11.4 Å². The number of nitrogens with zero attached hydrogens (tertiary/aromatic N) is 1. The van der Waals surface area contributed by atoms with Crippen molar-refractivity contribution < 1.29 is 4.79 Å². The van der Waals surface area contributed by atoms with Crippen molar-refractivity contribution in [1.82, 2.24) is 10.2 Å². The Hall–Kier alpha value is -1.06. The van der Waals surface area contributed by atoms with Gasteiger partial charge in [-0.3, -0.25) is 4.79 Å². The Morgan fingerprint density at radius 1 is 1.29 bits per heavy atom. The first-order valence-electron chi connectivity index (χ1n) is 7.58. The van der Waals surface area contributed by atoms with Crippen LogP contribution in [0.3, 0.4) is 0 Å². The van der Waals surface area contributed by atoms with Gasteiger partial charge in [0.05, 0.1) is 5.41 Å². The molecule has 0 aromatic heterocycles. The fourth-order valence-corrected chi connectivity index (χ4v) is 3.31. The van der Waals surface area contributed by atoms with Gasteiger partial charge >= 0.3 is 0 Å². The molecule has 1 aromatic rings. The zero-order valence-corrected chi connectivity index (χ0v) is 14.1. The predicted octanol–water partition coefficient (Wildman–Crippen LogP) is 3.14. The molecule has 2 rings (SSSR count). The standard InChI is InChI=1S/C17H25ClN2O/c1-12-9-13(11-14(18)10-12)17(2,3)16(21)20(4)15-5-7-19-8-6-15/h9-11,15,19H,5-8H2,1-4H3. The Kier molecular flexibility index (Phi) is 4.95. The van der Waals surface area contributed by atoms with Crippen molar-refractivity contribution in [3.05, 3.63) is 34.3 Å². The first-order valence-corrected chi connectivity index (χ1v) is 7.96. The van der Waals surface area contributed by atoms with Gasteiger partial charge in [-0.15, -0.1) is 0 Å². The maximum absolute atomic E-state index is 12.9. The summed E-state index contributed by atoms with van der Waals surface area (Å²) in [6.45, 7) is 7.94. The summed E-state index contributed by atoms with van der Waals surface area (Å²) in [6, 6.07) is 6.21. The third-order valence-corrected chi connectivity index (χ3v) is 4.69. The van der Waals surface area contributed by atoms with Gasteiger partial charge in [0.15, 0.2) is 0 Å². The summed E-state index contributed by atoms with van der Waals surface area (Å²) in [5.74, 6) is 0.163. The van der Waals surface area contributed by atoms with E-state index in [0.717, 1.165) is 37.1 Å². The fraction of sp³-hybridized carbons (Fsp3) is 0.588. The SMILES string of the molecule is Cc1cc(Cl)cc(C(C)(C)C(=O)N(C)C2CCNCC2)c1. The first-order chi connectivity index (χ1) is 9.82. The monoisotopic (exact) mass is 308 g/mol. The van der Waals surface area contributed by atoms with Gasteiger partial charge in [-0.2, -0.15) is 0 Å². The number of halogens is 1. The maximum atomic E-state index is 12.9. The van der Waals surface area contributed by atoms with Crippen LogP contribution >= 0.6 is 11.6 Å². The number of hydrogen-bond acceptors (Lipinski definition) is 2. The fourth-order valence-electron chi connectivity index (χ4n) is 3.02. The van der Waals surface area contributed by atoms with Gasteiger partial charge < -0.3 is 10.2 Å². The number of piperidine rings is 1. The van der Waals surface area contributed by atoms with Crippen LogP contribution in [0.25, 0.3) is 0 Å². The summed E-state index contributed by atoms with van der Waals surface area (Å²) in [7, 11) is 1.93. The molecule has 3 nitrogen and oxygen atoms in total. The lowest BCUT2D eigenvalue weighted by Gasteiger charge is -2.37. The zero-order valence-electron chi connectivity index (χ0n) is 13.4. The number of carbonyl (C=O) groups is 1. The minimum absolute atomic E-state index is 0.163. The van der Waals surface area contributed by atoms with Gasteiger partial charge in [0.25, 0.3) is 0 Å². The summed E-state index contributed by atoms with van der Waals surface area (Å²) >= 11 is 6.16. The van der Waals surface area contributed by atoms with Gasteiger partial charge in [-0.25, -0.2) is 0 Å². The summed E-state index contributed by atoms with van der Waals surface area (Å²) in [6.07, 6.45) is 2.04. The molecule has 1 amide bonds. The highest BCUT2D eigenvalue weighted by molar-refractivity contribution is 6.30. The summed E-state index contributed by atoms with van der Waals surface area (Å²) in [4.78, 5) is 14.9. The third-order valence-electron chi connectivity index (χ3n) is 4.48. The lowest BCUT2D eigenvalue weighted by Crippen LogP contribution is -2.49. The molecule has 1 aliphatic heterocycles. The van der Waals surface area contributed by atoms with E-state index < -0.39 is 5.41 Å². The van der Waals surface area contributed by atoms with Crippen molar-refractivity contribution in [3.8, 4) is 0 Å². The van der Waals surface area contributed by atoms with E-state index in [1.807, 2.05) is 44.9 Å². The van der Waals surface area contributed by atoms with Crippen LogP contribution in [0.15, 0.2) is 18.2 Å². The first kappa shape index (κ1) is 16.3. The van der Waals surface area contributed by atoms with Crippen molar-refractivity contribution in [3.63, 3.8) is 0 Å². The molecule has 0 aliphatic carbocycles. The van der Waals surface area contributed by atoms with Crippen molar-refractivity contribution in [1.29, 1.82) is 0 Å². The Bertz CT molecular complexity index is 501. The number of likely N-dealkylation sites (N-methyl/N-ethyl adjacent to an activating group) is 1. The van der Waals surface area contributed by atoms with E-state index in [4.69, 9.17) is 11.6 Å². The van der Waals surface area contributed by atoms with Crippen LogP contribution in [0, 0.1) is 6.92 Å². The highest BCUT2D eigenvalue weighted by Crippen LogP contribution is 2.30. The lowest BCUT2D eigenvalue weighted by molar-refractivity contribution is -0.137. The molecule has 0 saturated carbocycles. The molecule has 1 aromatic carbocycles. The quantitative estimate of drug-likeness (QED) is 0.930. The van der Waals surface area contributed by atoms with Crippen molar-refractivity contribution in [2.75, 3.05) is 20.1 Å². The topological polar surface area (TPSA) is 32.3 Å². The number of hydrogen-bond donors (Lipinski definition) is 1. The molecule has 0 radical (unpaired) electrons. The molecule has 21 heavy (non-hydrogen) atoms. The number of rotatable bonds is 3. The predicted molar refractivity (Wildman–Crippen MR) is 87.9 cm³/mol. The largest absolute Gasteiger partial charge is 0.342 e. The number of amides is 1. The lowest BCUT2D eigenvalue weighted by atomic mass is 9.82. The number of aryl methyl sites for hydroxylation is 1. The molecule has 0 unspecified atom stereocenters. The summed E-state index contributed by atoms with van der Waals surface area (Å²) < 4.78 is 0. The van der Waals surface area contributed by atoms with Crippen LogP contribution in [0.2, 0.25) is 5.02 Å². The molecule has 1 fully saturated rings. The molecular formula is C17H25ClN2O. The van der Waals surface area contributed by atoms with Crippen molar-refractivity contribution in [2.24, 2.45) is 0 Å². The molecular weight excluding hydrogens is 284 g/mol. The number of nitrogens with one attached hydrogen (secondary N) is 1. The Balaban J connectivity index is 2.22. The highest BCUT2D eigenvalue weighted by atomic mass is 35.5. The van der Waals surface area contributed by atoms with Crippen LogP contribution in [-0.2, 0) is 10.2 Å². The minimum atomic E-state index is -0.560.